The van der Waals surface area contributed by atoms with E-state index in [1.807, 2.05) is 31.2 Å². The maximum Gasteiger partial charge on any atom is 0.315 e. The first-order valence-corrected chi connectivity index (χ1v) is 9.55. The third kappa shape index (κ3) is 4.06. The number of methoxy groups -OCH3 is 1. The average molecular weight is 434 g/mol. The van der Waals surface area contributed by atoms with Gasteiger partial charge in [-0.15, -0.1) is 0 Å². The molecule has 0 atom stereocenters. The van der Waals surface area contributed by atoms with E-state index in [-0.39, 0.29) is 29.5 Å². The molecule has 0 aliphatic rings. The van der Waals surface area contributed by atoms with Crippen LogP contribution in [0.3, 0.4) is 0 Å². The number of nitrogens with one attached hydrogen (secondary N) is 1. The van der Waals surface area contributed by atoms with Gasteiger partial charge in [0.25, 0.3) is 5.69 Å². The van der Waals surface area contributed by atoms with Gasteiger partial charge in [-0.1, -0.05) is 29.8 Å². The molecule has 0 unspecified atom stereocenters. The van der Waals surface area contributed by atoms with Crippen LogP contribution in [0.5, 0.6) is 11.5 Å². The highest BCUT2D eigenvalue weighted by atomic mass is 16.6. The third-order valence-electron chi connectivity index (χ3n) is 4.91. The van der Waals surface area contributed by atoms with Crippen molar-refractivity contribution in [3.8, 4) is 22.9 Å². The quantitative estimate of drug-likeness (QED) is 0.321. The summed E-state index contributed by atoms with van der Waals surface area (Å²) in [6.45, 7) is 2.10. The van der Waals surface area contributed by atoms with E-state index < -0.39 is 9.85 Å². The molecule has 1 heterocycles. The van der Waals surface area contributed by atoms with Crippen molar-refractivity contribution in [1.29, 1.82) is 0 Å². The van der Waals surface area contributed by atoms with E-state index in [0.29, 0.717) is 22.4 Å². The number of hydrogen-bond donors (Lipinski definition) is 1. The van der Waals surface area contributed by atoms with Crippen molar-refractivity contribution in [3.63, 3.8) is 0 Å². The topological polar surface area (TPSA) is 133 Å². The van der Waals surface area contributed by atoms with E-state index in [1.165, 1.54) is 31.4 Å². The Morgan fingerprint density at radius 2 is 1.75 bits per heavy atom. The van der Waals surface area contributed by atoms with E-state index in [0.717, 1.165) is 11.1 Å². The number of H-pyrrole nitrogens is 1. The number of nitro groups is 2. The molecular formula is C22H18N4O6. The summed E-state index contributed by atoms with van der Waals surface area (Å²) < 4.78 is 11.1. The van der Waals surface area contributed by atoms with Crippen LogP contribution in [0.25, 0.3) is 22.4 Å². The fourth-order valence-corrected chi connectivity index (χ4v) is 3.24. The average Bonchev–Trinajstić information content (AvgIpc) is 3.21. The van der Waals surface area contributed by atoms with E-state index in [1.54, 1.807) is 6.07 Å². The molecule has 4 aromatic rings. The first-order valence-electron chi connectivity index (χ1n) is 9.55. The van der Waals surface area contributed by atoms with Crippen molar-refractivity contribution in [2.24, 2.45) is 0 Å². The number of fused-ring (bicyclic) bond motifs is 1. The zero-order valence-electron chi connectivity index (χ0n) is 17.2. The number of aromatic amines is 1. The SMILES string of the molecule is COc1cc(-c2nc3ccc([N+](=O)[O-])cc3[nH]2)cc([N+](=O)[O-])c1OCc1ccc(C)cc1. The van der Waals surface area contributed by atoms with Gasteiger partial charge in [-0.2, -0.15) is 0 Å². The largest absolute Gasteiger partial charge is 0.493 e. The molecule has 10 heteroatoms. The number of nitrogens with zero attached hydrogens (tertiary/aromatic N) is 3. The van der Waals surface area contributed by atoms with E-state index in [2.05, 4.69) is 9.97 Å². The highest BCUT2D eigenvalue weighted by Crippen LogP contribution is 2.41. The molecule has 0 aliphatic heterocycles. The number of rotatable bonds is 7. The van der Waals surface area contributed by atoms with Crippen molar-refractivity contribution >= 4 is 22.4 Å². The van der Waals surface area contributed by atoms with E-state index in [9.17, 15) is 20.2 Å². The van der Waals surface area contributed by atoms with Crippen LogP contribution < -0.4 is 9.47 Å². The lowest BCUT2D eigenvalue weighted by Crippen LogP contribution is -2.02. The van der Waals surface area contributed by atoms with Crippen LogP contribution in [0.15, 0.2) is 54.6 Å². The van der Waals surface area contributed by atoms with Crippen molar-refractivity contribution in [2.75, 3.05) is 7.11 Å². The Bertz CT molecular complexity index is 1330. The Morgan fingerprint density at radius 1 is 1.00 bits per heavy atom. The molecule has 4 rings (SSSR count). The number of aromatic nitrogens is 2. The fraction of sp³-hybridized carbons (Fsp3) is 0.136. The third-order valence-corrected chi connectivity index (χ3v) is 4.91. The lowest BCUT2D eigenvalue weighted by molar-refractivity contribution is -0.386. The van der Waals surface area contributed by atoms with Gasteiger partial charge in [0.1, 0.15) is 12.4 Å². The molecule has 3 aromatic carbocycles. The van der Waals surface area contributed by atoms with Crippen LogP contribution in [0.4, 0.5) is 11.4 Å². The molecule has 0 spiro atoms. The first-order chi connectivity index (χ1) is 15.4. The maximum atomic E-state index is 11.8. The molecule has 1 aromatic heterocycles. The number of non-ortho nitro benzene ring substituents is 1. The van der Waals surface area contributed by atoms with Crippen LogP contribution >= 0.6 is 0 Å². The second-order valence-corrected chi connectivity index (χ2v) is 7.10. The number of benzene rings is 3. The molecule has 0 amide bonds. The predicted molar refractivity (Wildman–Crippen MR) is 117 cm³/mol. The minimum atomic E-state index is -0.552. The highest BCUT2D eigenvalue weighted by molar-refractivity contribution is 5.82. The second-order valence-electron chi connectivity index (χ2n) is 7.10. The minimum absolute atomic E-state index is 0.00794. The first kappa shape index (κ1) is 20.8. The molecule has 0 saturated carbocycles. The van der Waals surface area contributed by atoms with Gasteiger partial charge in [-0.3, -0.25) is 20.2 Å². The molecule has 0 aliphatic carbocycles. The smallest absolute Gasteiger partial charge is 0.315 e. The summed E-state index contributed by atoms with van der Waals surface area (Å²) in [7, 11) is 1.39. The molecule has 10 nitrogen and oxygen atoms in total. The monoisotopic (exact) mass is 434 g/mol. The van der Waals surface area contributed by atoms with Gasteiger partial charge in [-0.05, 0) is 24.6 Å². The molecule has 32 heavy (non-hydrogen) atoms. The van der Waals surface area contributed by atoms with Crippen LogP contribution in [-0.4, -0.2) is 26.9 Å². The normalized spacial score (nSPS) is 10.8. The summed E-state index contributed by atoms with van der Waals surface area (Å²) >= 11 is 0. The zero-order chi connectivity index (χ0) is 22.8. The fourth-order valence-electron chi connectivity index (χ4n) is 3.24. The van der Waals surface area contributed by atoms with Gasteiger partial charge < -0.3 is 14.5 Å². The summed E-state index contributed by atoms with van der Waals surface area (Å²) in [5.74, 6) is 0.494. The lowest BCUT2D eigenvalue weighted by atomic mass is 10.1. The van der Waals surface area contributed by atoms with Crippen molar-refractivity contribution in [3.05, 3.63) is 86.0 Å². The summed E-state index contributed by atoms with van der Waals surface area (Å²) in [4.78, 5) is 29.1. The van der Waals surface area contributed by atoms with Crippen LogP contribution in [-0.2, 0) is 6.61 Å². The summed E-state index contributed by atoms with van der Waals surface area (Å²) in [6.07, 6.45) is 0. The van der Waals surface area contributed by atoms with Crippen LogP contribution in [0.1, 0.15) is 11.1 Å². The number of imidazole rings is 1. The van der Waals surface area contributed by atoms with Gasteiger partial charge in [0.2, 0.25) is 5.75 Å². The zero-order valence-corrected chi connectivity index (χ0v) is 17.2. The Balaban J connectivity index is 1.73. The number of hydrogen-bond acceptors (Lipinski definition) is 7. The van der Waals surface area contributed by atoms with Crippen LogP contribution in [0, 0.1) is 27.2 Å². The number of ether oxygens (including phenoxy) is 2. The Hall–Kier alpha value is -4.47. The standard InChI is InChI=1S/C22H18N4O6/c1-13-3-5-14(6-4-13)12-32-21-19(26(29)30)9-15(10-20(21)31-2)22-23-17-8-7-16(25(27)28)11-18(17)24-22/h3-11H,12H2,1-2H3,(H,23,24). The maximum absolute atomic E-state index is 11.8. The second kappa shape index (κ2) is 8.34. The molecule has 0 radical (unpaired) electrons. The Morgan fingerprint density at radius 3 is 2.41 bits per heavy atom. The van der Waals surface area contributed by atoms with Gasteiger partial charge in [-0.25, -0.2) is 4.98 Å². The van der Waals surface area contributed by atoms with Gasteiger partial charge in [0.05, 0.1) is 28.0 Å². The predicted octanol–water partition coefficient (Wildman–Crippen LogP) is 4.94. The Kier molecular flexibility index (Phi) is 5.42. The minimum Gasteiger partial charge on any atom is -0.493 e. The van der Waals surface area contributed by atoms with Gasteiger partial charge in [0.15, 0.2) is 5.75 Å². The summed E-state index contributed by atoms with van der Waals surface area (Å²) in [5, 5.41) is 22.8. The molecular weight excluding hydrogens is 416 g/mol. The van der Waals surface area contributed by atoms with Crippen molar-refractivity contribution in [1.82, 2.24) is 9.97 Å². The van der Waals surface area contributed by atoms with Crippen LogP contribution in [0.2, 0.25) is 0 Å². The van der Waals surface area contributed by atoms with Gasteiger partial charge >= 0.3 is 5.69 Å². The molecule has 1 N–H and O–H groups in total. The van der Waals surface area contributed by atoms with Gasteiger partial charge in [0, 0.05) is 23.8 Å². The lowest BCUT2D eigenvalue weighted by Gasteiger charge is -2.12. The number of nitro benzene ring substituents is 2. The highest BCUT2D eigenvalue weighted by Gasteiger charge is 2.24. The van der Waals surface area contributed by atoms with Crippen molar-refractivity contribution < 1.29 is 19.3 Å². The molecule has 162 valence electrons. The Labute approximate surface area is 181 Å². The molecule has 0 bridgehead atoms. The molecule has 0 fully saturated rings. The number of aryl methyl sites for hydroxylation is 1. The van der Waals surface area contributed by atoms with E-state index in [4.69, 9.17) is 9.47 Å². The summed E-state index contributed by atoms with van der Waals surface area (Å²) in [5.41, 5.74) is 2.90. The molecule has 0 saturated heterocycles. The summed E-state index contributed by atoms with van der Waals surface area (Å²) in [6, 6.07) is 14.7. The van der Waals surface area contributed by atoms with Crippen molar-refractivity contribution in [2.45, 2.75) is 13.5 Å². The van der Waals surface area contributed by atoms with E-state index >= 15 is 0 Å².